The minimum atomic E-state index is -3.89. The first-order valence-electron chi connectivity index (χ1n) is 5.77. The number of benzene rings is 1. The van der Waals surface area contributed by atoms with Crippen LogP contribution in [0, 0.1) is 15.5 Å². The van der Waals surface area contributed by atoms with E-state index in [1.54, 1.807) is 0 Å². The van der Waals surface area contributed by atoms with Gasteiger partial charge in [0.25, 0.3) is 5.69 Å². The Kier molecular flexibility index (Phi) is 3.23. The second-order valence-electron chi connectivity index (χ2n) is 5.12. The Morgan fingerprint density at radius 3 is 2.63 bits per heavy atom. The summed E-state index contributed by atoms with van der Waals surface area (Å²) in [5, 5.41) is 10.9. The summed E-state index contributed by atoms with van der Waals surface area (Å²) in [7, 11) is -3.89. The van der Waals surface area contributed by atoms with E-state index in [9.17, 15) is 18.5 Å². The van der Waals surface area contributed by atoms with Crippen molar-refractivity contribution in [2.75, 3.05) is 12.3 Å². The zero-order chi connectivity index (χ0) is 14.3. The predicted molar refractivity (Wildman–Crippen MR) is 70.0 cm³/mol. The Hall–Kier alpha value is -1.67. The van der Waals surface area contributed by atoms with Gasteiger partial charge < -0.3 is 5.73 Å². The predicted octanol–water partition coefficient (Wildman–Crippen LogP) is 1.26. The summed E-state index contributed by atoms with van der Waals surface area (Å²) in [6, 6.07) is 3.54. The lowest BCUT2D eigenvalue weighted by atomic mass is 10.2. The molecule has 7 nitrogen and oxygen atoms in total. The Labute approximate surface area is 111 Å². The van der Waals surface area contributed by atoms with Crippen molar-refractivity contribution in [3.8, 4) is 0 Å². The molecule has 0 aromatic heterocycles. The summed E-state index contributed by atoms with van der Waals surface area (Å²) in [5.41, 5.74) is 5.07. The molecule has 0 bridgehead atoms. The van der Waals surface area contributed by atoms with Crippen LogP contribution in [0.1, 0.15) is 19.8 Å². The highest BCUT2D eigenvalue weighted by Crippen LogP contribution is 2.44. The smallest absolute Gasteiger partial charge is 0.291 e. The molecule has 1 aromatic carbocycles. The first-order chi connectivity index (χ1) is 8.73. The van der Waals surface area contributed by atoms with Crippen molar-refractivity contribution in [3.63, 3.8) is 0 Å². The van der Waals surface area contributed by atoms with Crippen LogP contribution in [-0.4, -0.2) is 19.9 Å². The van der Waals surface area contributed by atoms with Crippen LogP contribution >= 0.6 is 0 Å². The summed E-state index contributed by atoms with van der Waals surface area (Å²) < 4.78 is 26.6. The average molecular weight is 285 g/mol. The molecule has 0 heterocycles. The SMILES string of the molecule is CC1(CNS(=O)(=O)c2ccc(N)cc2[N+](=O)[O-])CC1. The Morgan fingerprint density at radius 1 is 1.47 bits per heavy atom. The summed E-state index contributed by atoms with van der Waals surface area (Å²) in [6.45, 7) is 2.25. The maximum Gasteiger partial charge on any atom is 0.291 e. The molecule has 0 aliphatic heterocycles. The molecular formula is C11H15N3O4S. The fourth-order valence-electron chi connectivity index (χ4n) is 1.64. The number of nitrogens with one attached hydrogen (secondary N) is 1. The number of nitrogen functional groups attached to an aromatic ring is 1. The first kappa shape index (κ1) is 13.8. The molecule has 104 valence electrons. The van der Waals surface area contributed by atoms with Crippen molar-refractivity contribution in [2.24, 2.45) is 5.41 Å². The highest BCUT2D eigenvalue weighted by Gasteiger charge is 2.38. The van der Waals surface area contributed by atoms with Gasteiger partial charge in [0.1, 0.15) is 0 Å². The number of rotatable bonds is 5. The summed E-state index contributed by atoms with van der Waals surface area (Å²) in [6.07, 6.45) is 1.92. The molecule has 0 unspecified atom stereocenters. The number of hydrogen-bond donors (Lipinski definition) is 2. The zero-order valence-corrected chi connectivity index (χ0v) is 11.2. The van der Waals surface area contributed by atoms with Gasteiger partial charge in [-0.3, -0.25) is 10.1 Å². The number of nitro benzene ring substituents is 1. The van der Waals surface area contributed by atoms with E-state index in [1.165, 1.54) is 6.07 Å². The number of hydrogen-bond acceptors (Lipinski definition) is 5. The quantitative estimate of drug-likeness (QED) is 0.480. The average Bonchev–Trinajstić information content (AvgIpc) is 3.05. The van der Waals surface area contributed by atoms with Gasteiger partial charge in [-0.1, -0.05) is 6.92 Å². The number of nitrogens with two attached hydrogens (primary N) is 1. The Bertz CT molecular complexity index is 623. The number of nitrogens with zero attached hydrogens (tertiary/aromatic N) is 1. The van der Waals surface area contributed by atoms with Crippen LogP contribution in [0.2, 0.25) is 0 Å². The van der Waals surface area contributed by atoms with Crippen LogP contribution in [0.15, 0.2) is 23.1 Å². The Morgan fingerprint density at radius 2 is 2.11 bits per heavy atom. The topological polar surface area (TPSA) is 115 Å². The van der Waals surface area contributed by atoms with E-state index in [4.69, 9.17) is 5.73 Å². The van der Waals surface area contributed by atoms with E-state index >= 15 is 0 Å². The van der Waals surface area contributed by atoms with E-state index in [-0.39, 0.29) is 22.5 Å². The first-order valence-corrected chi connectivity index (χ1v) is 7.25. The molecule has 1 aliphatic carbocycles. The second-order valence-corrected chi connectivity index (χ2v) is 6.85. The van der Waals surface area contributed by atoms with Crippen molar-refractivity contribution >= 4 is 21.4 Å². The van der Waals surface area contributed by atoms with Gasteiger partial charge in [-0.15, -0.1) is 0 Å². The second kappa shape index (κ2) is 4.46. The van der Waals surface area contributed by atoms with Crippen LogP contribution in [0.5, 0.6) is 0 Å². The zero-order valence-electron chi connectivity index (χ0n) is 10.4. The molecule has 1 aliphatic rings. The molecule has 0 saturated heterocycles. The van der Waals surface area contributed by atoms with E-state index in [0.29, 0.717) is 0 Å². The van der Waals surface area contributed by atoms with Crippen LogP contribution in [0.25, 0.3) is 0 Å². The molecule has 0 amide bonds. The van der Waals surface area contributed by atoms with Gasteiger partial charge in [0.2, 0.25) is 10.0 Å². The molecule has 1 aromatic rings. The van der Waals surface area contributed by atoms with Crippen LogP contribution in [0.3, 0.4) is 0 Å². The molecular weight excluding hydrogens is 270 g/mol. The van der Waals surface area contributed by atoms with E-state index in [1.807, 2.05) is 6.92 Å². The van der Waals surface area contributed by atoms with Gasteiger partial charge in [0.05, 0.1) is 4.92 Å². The number of sulfonamides is 1. The highest BCUT2D eigenvalue weighted by atomic mass is 32.2. The molecule has 1 saturated carbocycles. The molecule has 0 spiro atoms. The van der Waals surface area contributed by atoms with E-state index in [2.05, 4.69) is 4.72 Å². The largest absolute Gasteiger partial charge is 0.399 e. The van der Waals surface area contributed by atoms with Crippen molar-refractivity contribution in [3.05, 3.63) is 28.3 Å². The standard InChI is InChI=1S/C11H15N3O4S/c1-11(4-5-11)7-13-19(17,18)10-3-2-8(12)6-9(10)14(15)16/h2-3,6,13H,4-5,7,12H2,1H3. The van der Waals surface area contributed by atoms with Crippen LogP contribution in [-0.2, 0) is 10.0 Å². The molecule has 0 atom stereocenters. The van der Waals surface area contributed by atoms with Crippen molar-refractivity contribution < 1.29 is 13.3 Å². The third kappa shape index (κ3) is 3.02. The van der Waals surface area contributed by atoms with Crippen molar-refractivity contribution in [2.45, 2.75) is 24.7 Å². The maximum absolute atomic E-state index is 12.1. The summed E-state index contributed by atoms with van der Waals surface area (Å²) in [4.78, 5) is 9.79. The maximum atomic E-state index is 12.1. The monoisotopic (exact) mass is 285 g/mol. The molecule has 2 rings (SSSR count). The minimum Gasteiger partial charge on any atom is -0.399 e. The van der Waals surface area contributed by atoms with Crippen molar-refractivity contribution in [1.82, 2.24) is 4.72 Å². The lowest BCUT2D eigenvalue weighted by Gasteiger charge is -2.11. The molecule has 3 N–H and O–H groups in total. The third-order valence-electron chi connectivity index (χ3n) is 3.26. The third-order valence-corrected chi connectivity index (χ3v) is 4.71. The van der Waals surface area contributed by atoms with Gasteiger partial charge in [0.15, 0.2) is 4.90 Å². The van der Waals surface area contributed by atoms with Gasteiger partial charge in [-0.2, -0.15) is 0 Å². The Balaban J connectivity index is 2.31. The molecule has 8 heteroatoms. The van der Waals surface area contributed by atoms with E-state index in [0.717, 1.165) is 25.0 Å². The fraction of sp³-hybridized carbons (Fsp3) is 0.455. The molecule has 1 fully saturated rings. The number of nitro groups is 1. The molecule has 0 radical (unpaired) electrons. The lowest BCUT2D eigenvalue weighted by Crippen LogP contribution is -2.29. The van der Waals surface area contributed by atoms with Gasteiger partial charge in [-0.25, -0.2) is 13.1 Å². The fourth-order valence-corrected chi connectivity index (χ4v) is 2.99. The van der Waals surface area contributed by atoms with Gasteiger partial charge >= 0.3 is 0 Å². The lowest BCUT2D eigenvalue weighted by molar-refractivity contribution is -0.387. The van der Waals surface area contributed by atoms with Crippen LogP contribution < -0.4 is 10.5 Å². The normalized spacial score (nSPS) is 17.1. The van der Waals surface area contributed by atoms with Crippen LogP contribution in [0.4, 0.5) is 11.4 Å². The summed E-state index contributed by atoms with van der Waals surface area (Å²) >= 11 is 0. The number of anilines is 1. The van der Waals surface area contributed by atoms with E-state index < -0.39 is 20.6 Å². The van der Waals surface area contributed by atoms with Crippen molar-refractivity contribution in [1.29, 1.82) is 0 Å². The summed E-state index contributed by atoms with van der Waals surface area (Å²) in [5.74, 6) is 0. The van der Waals surface area contributed by atoms with Gasteiger partial charge in [0, 0.05) is 18.3 Å². The van der Waals surface area contributed by atoms with Gasteiger partial charge in [-0.05, 0) is 30.4 Å². The molecule has 19 heavy (non-hydrogen) atoms. The highest BCUT2D eigenvalue weighted by molar-refractivity contribution is 7.89. The minimum absolute atomic E-state index is 0.0182.